The predicted octanol–water partition coefficient (Wildman–Crippen LogP) is 1.75. The average molecular weight is 181 g/mol. The highest BCUT2D eigenvalue weighted by molar-refractivity contribution is 5.68. The number of nitrogens with zero attached hydrogens (tertiary/aromatic N) is 1. The topological polar surface area (TPSA) is 42.7 Å². The van der Waals surface area contributed by atoms with E-state index in [1.807, 2.05) is 6.07 Å². The van der Waals surface area contributed by atoms with E-state index in [0.29, 0.717) is 19.7 Å². The largest absolute Gasteiger partial charge is 0.467 e. The summed E-state index contributed by atoms with van der Waals surface area (Å²) in [5.41, 5.74) is 1.08. The van der Waals surface area contributed by atoms with Gasteiger partial charge in [0.1, 0.15) is 5.76 Å². The Labute approximate surface area is 76.1 Å². The molecule has 1 aliphatic heterocycles. The number of ether oxygens (including phenoxy) is 1. The first kappa shape index (κ1) is 8.16. The molecule has 4 heteroatoms. The van der Waals surface area contributed by atoms with Crippen LogP contribution in [0.15, 0.2) is 16.7 Å². The van der Waals surface area contributed by atoms with Gasteiger partial charge < -0.3 is 9.15 Å². The van der Waals surface area contributed by atoms with Gasteiger partial charge in [-0.3, -0.25) is 4.90 Å². The first-order valence-corrected chi connectivity index (χ1v) is 4.28. The first-order valence-electron chi connectivity index (χ1n) is 4.28. The molecule has 0 saturated heterocycles. The maximum atomic E-state index is 11.3. The normalized spacial score (nSPS) is 14.4. The number of carbonyl (C=O) groups is 1. The molecule has 2 rings (SSSR count). The van der Waals surface area contributed by atoms with Crippen molar-refractivity contribution in [2.75, 3.05) is 6.61 Å². The minimum absolute atomic E-state index is 0.270. The van der Waals surface area contributed by atoms with Gasteiger partial charge >= 0.3 is 6.09 Å². The zero-order valence-electron chi connectivity index (χ0n) is 7.45. The summed E-state index contributed by atoms with van der Waals surface area (Å²) in [5.74, 6) is 0.869. The number of carbonyl (C=O) groups excluding carboxylic acids is 1. The Hall–Kier alpha value is -1.45. The minimum atomic E-state index is -0.270. The molecule has 0 saturated carbocycles. The summed E-state index contributed by atoms with van der Waals surface area (Å²) < 4.78 is 10.1. The molecular weight excluding hydrogens is 170 g/mol. The van der Waals surface area contributed by atoms with E-state index in [2.05, 4.69) is 0 Å². The number of hydrogen-bond acceptors (Lipinski definition) is 3. The van der Waals surface area contributed by atoms with Gasteiger partial charge in [0, 0.05) is 5.56 Å². The maximum absolute atomic E-state index is 11.3. The third kappa shape index (κ3) is 1.39. The van der Waals surface area contributed by atoms with Crippen molar-refractivity contribution in [2.24, 2.45) is 0 Å². The van der Waals surface area contributed by atoms with Crippen molar-refractivity contribution >= 4 is 6.09 Å². The molecule has 0 fully saturated rings. The van der Waals surface area contributed by atoms with E-state index in [0.717, 1.165) is 11.3 Å². The Morgan fingerprint density at radius 3 is 3.23 bits per heavy atom. The zero-order chi connectivity index (χ0) is 9.26. The van der Waals surface area contributed by atoms with Crippen LogP contribution in [0.3, 0.4) is 0 Å². The van der Waals surface area contributed by atoms with Crippen molar-refractivity contribution in [1.82, 2.24) is 4.90 Å². The van der Waals surface area contributed by atoms with Crippen LogP contribution in [0.4, 0.5) is 4.79 Å². The van der Waals surface area contributed by atoms with Gasteiger partial charge in [0.15, 0.2) is 0 Å². The molecule has 0 N–H and O–H groups in total. The van der Waals surface area contributed by atoms with Crippen molar-refractivity contribution in [3.8, 4) is 0 Å². The first-order chi connectivity index (χ1) is 6.31. The fourth-order valence-corrected chi connectivity index (χ4v) is 1.43. The number of furan rings is 1. The molecule has 1 aliphatic rings. The molecule has 0 atom stereocenters. The highest BCUT2D eigenvalue weighted by Gasteiger charge is 2.26. The Bertz CT molecular complexity index is 298. The lowest BCUT2D eigenvalue weighted by Gasteiger charge is -2.13. The van der Waals surface area contributed by atoms with Gasteiger partial charge in [-0.25, -0.2) is 4.79 Å². The van der Waals surface area contributed by atoms with Gasteiger partial charge in [0.05, 0.1) is 26.0 Å². The molecule has 0 unspecified atom stereocenters. The summed E-state index contributed by atoms with van der Waals surface area (Å²) in [6, 6.07) is 1.88. The third-order valence-corrected chi connectivity index (χ3v) is 2.06. The standard InChI is InChI=1S/C9H11NO3/c1-2-12-9(11)10-5-7-3-4-13-8(7)6-10/h3-4H,2,5-6H2,1H3. The van der Waals surface area contributed by atoms with Gasteiger partial charge in [-0.1, -0.05) is 0 Å². The lowest BCUT2D eigenvalue weighted by atomic mass is 10.3. The molecule has 0 bridgehead atoms. The predicted molar refractivity (Wildman–Crippen MR) is 45.0 cm³/mol. The van der Waals surface area contributed by atoms with Crippen molar-refractivity contribution in [2.45, 2.75) is 20.0 Å². The highest BCUT2D eigenvalue weighted by Crippen LogP contribution is 2.23. The Morgan fingerprint density at radius 1 is 1.69 bits per heavy atom. The quantitative estimate of drug-likeness (QED) is 0.662. The van der Waals surface area contributed by atoms with Crippen LogP contribution >= 0.6 is 0 Å². The Morgan fingerprint density at radius 2 is 2.54 bits per heavy atom. The van der Waals surface area contributed by atoms with E-state index in [1.165, 1.54) is 0 Å². The van der Waals surface area contributed by atoms with Crippen LogP contribution in [-0.4, -0.2) is 17.6 Å². The van der Waals surface area contributed by atoms with Crippen LogP contribution in [0.5, 0.6) is 0 Å². The third-order valence-electron chi connectivity index (χ3n) is 2.06. The van der Waals surface area contributed by atoms with Gasteiger partial charge in [-0.05, 0) is 13.0 Å². The molecule has 0 aliphatic carbocycles. The molecule has 1 aromatic rings. The molecule has 1 amide bonds. The zero-order valence-corrected chi connectivity index (χ0v) is 7.45. The summed E-state index contributed by atoms with van der Waals surface area (Å²) in [6.07, 6.45) is 1.38. The molecule has 13 heavy (non-hydrogen) atoms. The number of rotatable bonds is 1. The molecular formula is C9H11NO3. The van der Waals surface area contributed by atoms with Gasteiger partial charge in [0.2, 0.25) is 0 Å². The Balaban J connectivity index is 2.01. The molecule has 70 valence electrons. The van der Waals surface area contributed by atoms with Crippen LogP contribution in [0.25, 0.3) is 0 Å². The second-order valence-electron chi connectivity index (χ2n) is 2.92. The molecule has 0 aromatic carbocycles. The van der Waals surface area contributed by atoms with E-state index >= 15 is 0 Å². The fraction of sp³-hybridized carbons (Fsp3) is 0.444. The molecule has 4 nitrogen and oxygen atoms in total. The van der Waals surface area contributed by atoms with Crippen molar-refractivity contribution in [3.05, 3.63) is 23.7 Å². The second-order valence-corrected chi connectivity index (χ2v) is 2.92. The Kier molecular flexibility index (Phi) is 1.96. The van der Waals surface area contributed by atoms with Crippen molar-refractivity contribution in [3.63, 3.8) is 0 Å². The summed E-state index contributed by atoms with van der Waals surface area (Å²) in [4.78, 5) is 12.9. The van der Waals surface area contributed by atoms with Crippen LogP contribution in [0.2, 0.25) is 0 Å². The van der Waals surface area contributed by atoms with E-state index in [4.69, 9.17) is 9.15 Å². The maximum Gasteiger partial charge on any atom is 0.410 e. The van der Waals surface area contributed by atoms with Crippen LogP contribution < -0.4 is 0 Å². The summed E-state index contributed by atoms with van der Waals surface area (Å²) >= 11 is 0. The number of amides is 1. The summed E-state index contributed by atoms with van der Waals surface area (Å²) in [6.45, 7) is 3.34. The van der Waals surface area contributed by atoms with E-state index in [1.54, 1.807) is 18.1 Å². The summed E-state index contributed by atoms with van der Waals surface area (Å²) in [5, 5.41) is 0. The molecule has 0 spiro atoms. The van der Waals surface area contributed by atoms with Crippen molar-refractivity contribution < 1.29 is 13.9 Å². The van der Waals surface area contributed by atoms with Gasteiger partial charge in [0.25, 0.3) is 0 Å². The summed E-state index contributed by atoms with van der Waals surface area (Å²) in [7, 11) is 0. The van der Waals surface area contributed by atoms with Crippen molar-refractivity contribution in [1.29, 1.82) is 0 Å². The number of hydrogen-bond donors (Lipinski definition) is 0. The van der Waals surface area contributed by atoms with Gasteiger partial charge in [-0.2, -0.15) is 0 Å². The SMILES string of the molecule is CCOC(=O)N1Cc2ccoc2C1. The monoisotopic (exact) mass is 181 g/mol. The smallest absolute Gasteiger partial charge is 0.410 e. The van der Waals surface area contributed by atoms with Crippen LogP contribution in [-0.2, 0) is 17.8 Å². The van der Waals surface area contributed by atoms with Crippen LogP contribution in [0, 0.1) is 0 Å². The molecule has 2 heterocycles. The lowest BCUT2D eigenvalue weighted by molar-refractivity contribution is 0.105. The minimum Gasteiger partial charge on any atom is -0.467 e. The number of fused-ring (bicyclic) bond motifs is 1. The lowest BCUT2D eigenvalue weighted by Crippen LogP contribution is -2.26. The average Bonchev–Trinajstić information content (AvgIpc) is 2.61. The van der Waals surface area contributed by atoms with E-state index in [9.17, 15) is 4.79 Å². The molecule has 0 radical (unpaired) electrons. The second kappa shape index (κ2) is 3.12. The van der Waals surface area contributed by atoms with E-state index in [-0.39, 0.29) is 6.09 Å². The van der Waals surface area contributed by atoms with Gasteiger partial charge in [-0.15, -0.1) is 0 Å². The fourth-order valence-electron chi connectivity index (χ4n) is 1.43. The van der Waals surface area contributed by atoms with E-state index < -0.39 is 0 Å². The van der Waals surface area contributed by atoms with Crippen LogP contribution in [0.1, 0.15) is 18.2 Å². The highest BCUT2D eigenvalue weighted by atomic mass is 16.6. The molecule has 1 aromatic heterocycles.